The van der Waals surface area contributed by atoms with Crippen LogP contribution in [0.5, 0.6) is 0 Å². The van der Waals surface area contributed by atoms with Crippen LogP contribution in [0.25, 0.3) is 10.9 Å². The predicted molar refractivity (Wildman–Crippen MR) is 69.8 cm³/mol. The van der Waals surface area contributed by atoms with Gasteiger partial charge in [-0.1, -0.05) is 12.1 Å². The Kier molecular flexibility index (Phi) is 2.33. The van der Waals surface area contributed by atoms with E-state index in [0.717, 1.165) is 10.9 Å². The summed E-state index contributed by atoms with van der Waals surface area (Å²) in [5, 5.41) is 0.963. The summed E-state index contributed by atoms with van der Waals surface area (Å²) in [5.41, 5.74) is 2.92. The SMILES string of the molecule is Cc1ccc2c(C(=O)c3ccco3)cn(C)c2c1. The van der Waals surface area contributed by atoms with E-state index in [1.54, 1.807) is 12.1 Å². The number of ketones is 1. The summed E-state index contributed by atoms with van der Waals surface area (Å²) in [5.74, 6) is 0.303. The minimum absolute atomic E-state index is 0.0746. The van der Waals surface area contributed by atoms with Crippen LogP contribution in [0, 0.1) is 6.92 Å². The summed E-state index contributed by atoms with van der Waals surface area (Å²) < 4.78 is 7.14. The van der Waals surface area contributed by atoms with Crippen LogP contribution in [0.15, 0.2) is 47.2 Å². The van der Waals surface area contributed by atoms with Crippen molar-refractivity contribution < 1.29 is 9.21 Å². The van der Waals surface area contributed by atoms with E-state index in [1.807, 2.05) is 36.9 Å². The minimum Gasteiger partial charge on any atom is -0.461 e. The van der Waals surface area contributed by atoms with Crippen molar-refractivity contribution in [2.75, 3.05) is 0 Å². The van der Waals surface area contributed by atoms with Gasteiger partial charge in [-0.15, -0.1) is 0 Å². The second kappa shape index (κ2) is 3.88. The van der Waals surface area contributed by atoms with Crippen molar-refractivity contribution in [3.8, 4) is 0 Å². The van der Waals surface area contributed by atoms with Crippen LogP contribution in [0.1, 0.15) is 21.7 Å². The molecule has 3 rings (SSSR count). The first-order valence-electron chi connectivity index (χ1n) is 5.81. The van der Waals surface area contributed by atoms with Crippen LogP contribution in [0.4, 0.5) is 0 Å². The number of fused-ring (bicyclic) bond motifs is 1. The van der Waals surface area contributed by atoms with Gasteiger partial charge in [-0.25, -0.2) is 0 Å². The second-order valence-corrected chi connectivity index (χ2v) is 4.48. The van der Waals surface area contributed by atoms with E-state index >= 15 is 0 Å². The van der Waals surface area contributed by atoms with Crippen LogP contribution in [-0.2, 0) is 7.05 Å². The maximum absolute atomic E-state index is 12.3. The van der Waals surface area contributed by atoms with Gasteiger partial charge in [0.2, 0.25) is 5.78 Å². The van der Waals surface area contributed by atoms with Crippen molar-refractivity contribution in [1.29, 1.82) is 0 Å². The van der Waals surface area contributed by atoms with Gasteiger partial charge in [0.25, 0.3) is 0 Å². The van der Waals surface area contributed by atoms with Gasteiger partial charge >= 0.3 is 0 Å². The molecular weight excluding hydrogens is 226 g/mol. The highest BCUT2D eigenvalue weighted by Gasteiger charge is 2.17. The molecule has 0 bridgehead atoms. The smallest absolute Gasteiger partial charge is 0.230 e. The summed E-state index contributed by atoms with van der Waals surface area (Å²) in [6.07, 6.45) is 3.37. The first-order valence-corrected chi connectivity index (χ1v) is 5.81. The predicted octanol–water partition coefficient (Wildman–Crippen LogP) is 3.31. The Morgan fingerprint density at radius 3 is 2.83 bits per heavy atom. The fourth-order valence-electron chi connectivity index (χ4n) is 2.22. The molecule has 2 heterocycles. The zero-order valence-electron chi connectivity index (χ0n) is 10.3. The van der Waals surface area contributed by atoms with E-state index in [-0.39, 0.29) is 5.78 Å². The van der Waals surface area contributed by atoms with Crippen molar-refractivity contribution in [1.82, 2.24) is 4.57 Å². The van der Waals surface area contributed by atoms with Gasteiger partial charge in [0, 0.05) is 24.1 Å². The summed E-state index contributed by atoms with van der Waals surface area (Å²) in [6.45, 7) is 2.04. The Morgan fingerprint density at radius 2 is 2.11 bits per heavy atom. The maximum atomic E-state index is 12.3. The molecule has 0 saturated carbocycles. The van der Waals surface area contributed by atoms with Gasteiger partial charge < -0.3 is 8.98 Å². The number of aromatic nitrogens is 1. The Morgan fingerprint density at radius 1 is 1.28 bits per heavy atom. The average molecular weight is 239 g/mol. The molecule has 3 nitrogen and oxygen atoms in total. The average Bonchev–Trinajstić information content (AvgIpc) is 2.97. The molecule has 90 valence electrons. The molecule has 2 aromatic heterocycles. The van der Waals surface area contributed by atoms with Crippen molar-refractivity contribution in [2.24, 2.45) is 7.05 Å². The molecule has 0 aliphatic heterocycles. The van der Waals surface area contributed by atoms with E-state index < -0.39 is 0 Å². The standard InChI is InChI=1S/C15H13NO2/c1-10-5-6-11-12(9-16(2)13(11)8-10)15(17)14-4-3-7-18-14/h3-9H,1-2H3. The van der Waals surface area contributed by atoms with E-state index in [1.165, 1.54) is 11.8 Å². The number of aryl methyl sites for hydroxylation is 2. The fraction of sp³-hybridized carbons (Fsp3) is 0.133. The third kappa shape index (κ3) is 1.56. The number of benzene rings is 1. The highest BCUT2D eigenvalue weighted by atomic mass is 16.3. The van der Waals surface area contributed by atoms with Gasteiger partial charge in [0.1, 0.15) is 0 Å². The Balaban J connectivity index is 2.22. The van der Waals surface area contributed by atoms with Gasteiger partial charge in [0.05, 0.1) is 11.8 Å². The lowest BCUT2D eigenvalue weighted by Gasteiger charge is -1.98. The molecule has 0 atom stereocenters. The molecule has 0 saturated heterocycles. The number of nitrogens with zero attached hydrogens (tertiary/aromatic N) is 1. The Hall–Kier alpha value is -2.29. The third-order valence-electron chi connectivity index (χ3n) is 3.14. The molecule has 3 heteroatoms. The molecule has 0 fully saturated rings. The number of hydrogen-bond donors (Lipinski definition) is 0. The van der Waals surface area contributed by atoms with E-state index in [4.69, 9.17) is 4.42 Å². The quantitative estimate of drug-likeness (QED) is 0.643. The molecule has 0 N–H and O–H groups in total. The minimum atomic E-state index is -0.0746. The molecule has 18 heavy (non-hydrogen) atoms. The zero-order chi connectivity index (χ0) is 12.7. The molecule has 3 aromatic rings. The fourth-order valence-corrected chi connectivity index (χ4v) is 2.22. The summed E-state index contributed by atoms with van der Waals surface area (Å²) in [7, 11) is 1.95. The molecule has 0 unspecified atom stereocenters. The second-order valence-electron chi connectivity index (χ2n) is 4.48. The van der Waals surface area contributed by atoms with Gasteiger partial charge in [0.15, 0.2) is 5.76 Å². The van der Waals surface area contributed by atoms with Crippen molar-refractivity contribution >= 4 is 16.7 Å². The molecule has 0 aliphatic carbocycles. The molecular formula is C15H13NO2. The molecule has 0 amide bonds. The van der Waals surface area contributed by atoms with Crippen LogP contribution < -0.4 is 0 Å². The number of rotatable bonds is 2. The lowest BCUT2D eigenvalue weighted by Crippen LogP contribution is -1.98. The van der Waals surface area contributed by atoms with Crippen molar-refractivity contribution in [2.45, 2.75) is 6.92 Å². The Bertz CT molecular complexity index is 720. The van der Waals surface area contributed by atoms with Gasteiger partial charge in [-0.3, -0.25) is 4.79 Å². The van der Waals surface area contributed by atoms with E-state index in [9.17, 15) is 4.79 Å². The third-order valence-corrected chi connectivity index (χ3v) is 3.14. The van der Waals surface area contributed by atoms with Crippen molar-refractivity contribution in [3.63, 3.8) is 0 Å². The number of carbonyl (C=O) groups is 1. The number of hydrogen-bond acceptors (Lipinski definition) is 2. The van der Waals surface area contributed by atoms with E-state index in [2.05, 4.69) is 6.07 Å². The van der Waals surface area contributed by atoms with Gasteiger partial charge in [-0.2, -0.15) is 0 Å². The molecule has 0 aliphatic rings. The summed E-state index contributed by atoms with van der Waals surface area (Å²) in [6, 6.07) is 9.49. The van der Waals surface area contributed by atoms with Gasteiger partial charge in [-0.05, 0) is 30.7 Å². The topological polar surface area (TPSA) is 35.1 Å². The lowest BCUT2D eigenvalue weighted by molar-refractivity contribution is 0.101. The number of carbonyl (C=O) groups excluding carboxylic acids is 1. The zero-order valence-corrected chi connectivity index (χ0v) is 10.3. The normalized spacial score (nSPS) is 11.0. The van der Waals surface area contributed by atoms with Crippen LogP contribution in [-0.4, -0.2) is 10.4 Å². The largest absolute Gasteiger partial charge is 0.461 e. The van der Waals surface area contributed by atoms with E-state index in [0.29, 0.717) is 11.3 Å². The first-order chi connectivity index (χ1) is 8.66. The lowest BCUT2D eigenvalue weighted by atomic mass is 10.1. The van der Waals surface area contributed by atoms with Crippen LogP contribution in [0.2, 0.25) is 0 Å². The van der Waals surface area contributed by atoms with Crippen molar-refractivity contribution in [3.05, 3.63) is 59.7 Å². The maximum Gasteiger partial charge on any atom is 0.230 e. The first kappa shape index (κ1) is 10.8. The summed E-state index contributed by atoms with van der Waals surface area (Å²) >= 11 is 0. The monoisotopic (exact) mass is 239 g/mol. The Labute approximate surface area is 105 Å². The molecule has 1 aromatic carbocycles. The highest BCUT2D eigenvalue weighted by molar-refractivity contribution is 6.15. The summed E-state index contributed by atoms with van der Waals surface area (Å²) in [4.78, 5) is 12.3. The highest BCUT2D eigenvalue weighted by Crippen LogP contribution is 2.24. The molecule has 0 spiro atoms. The van der Waals surface area contributed by atoms with Crippen LogP contribution in [0.3, 0.4) is 0 Å². The van der Waals surface area contributed by atoms with Crippen LogP contribution >= 0.6 is 0 Å². The number of furan rings is 1. The molecule has 0 radical (unpaired) electrons.